The van der Waals surface area contributed by atoms with Crippen molar-refractivity contribution in [1.29, 1.82) is 0 Å². The molecule has 0 aromatic carbocycles. The van der Waals surface area contributed by atoms with Gasteiger partial charge in [0.1, 0.15) is 18.1 Å². The number of nitrogens with one attached hydrogen (secondary N) is 3. The third kappa shape index (κ3) is 11.7. The van der Waals surface area contributed by atoms with E-state index in [9.17, 15) is 29.1 Å². The Balaban J connectivity index is 5.21. The van der Waals surface area contributed by atoms with E-state index in [1.807, 2.05) is 0 Å². The summed E-state index contributed by atoms with van der Waals surface area (Å²) in [5.74, 6) is -5.13. The van der Waals surface area contributed by atoms with Crippen molar-refractivity contribution < 1.29 is 29.1 Å². The minimum atomic E-state index is -1.41. The number of hydrogen-bond donors (Lipinski definition) is 9. The summed E-state index contributed by atoms with van der Waals surface area (Å²) in [4.78, 5) is 64.3. The molecule has 0 fully saturated rings. The fourth-order valence-corrected chi connectivity index (χ4v) is 3.00. The third-order valence-corrected chi connectivity index (χ3v) is 5.30. The Bertz CT molecular complexity index is 761. The van der Waals surface area contributed by atoms with Crippen LogP contribution in [-0.4, -0.2) is 77.1 Å². The maximum atomic E-state index is 12.7. The lowest BCUT2D eigenvalue weighted by atomic mass is 9.99. The first-order chi connectivity index (χ1) is 15.8. The standard InChI is InChI=1S/C19H36N8O6S/c1-3-9(2)14(18(32)33)27-17(31)12(8-34)26-16(30)11(7-13(21)28)25-15(29)10(20)5-4-6-24-19(22)23/h9-12,14,34H,3-8,20H2,1-2H3,(H2,21,28)(H,25,29)(H,26,30)(H,27,31)(H,32,33)(H4,22,23,24). The number of nitrogens with zero attached hydrogens (tertiary/aromatic N) is 1. The number of carboxylic acids is 1. The van der Waals surface area contributed by atoms with Gasteiger partial charge in [0.25, 0.3) is 0 Å². The average molecular weight is 505 g/mol. The number of carbonyl (C=O) groups excluding carboxylic acids is 4. The lowest BCUT2D eigenvalue weighted by molar-refractivity contribution is -0.143. The van der Waals surface area contributed by atoms with Crippen LogP contribution in [0.5, 0.6) is 0 Å². The summed E-state index contributed by atoms with van der Waals surface area (Å²) in [6.07, 6.45) is 0.529. The number of hydrogen-bond acceptors (Lipinski definition) is 8. The lowest BCUT2D eigenvalue weighted by Gasteiger charge is -2.25. The molecular formula is C19H36N8O6S. The molecule has 0 aliphatic carbocycles. The van der Waals surface area contributed by atoms with Gasteiger partial charge in [0.15, 0.2) is 5.96 Å². The summed E-state index contributed by atoms with van der Waals surface area (Å²) >= 11 is 4.03. The normalized spacial score (nSPS) is 15.1. The summed E-state index contributed by atoms with van der Waals surface area (Å²) < 4.78 is 0. The molecule has 194 valence electrons. The van der Waals surface area contributed by atoms with Crippen LogP contribution in [0.15, 0.2) is 4.99 Å². The van der Waals surface area contributed by atoms with Gasteiger partial charge in [-0.1, -0.05) is 20.3 Å². The van der Waals surface area contributed by atoms with E-state index in [0.29, 0.717) is 12.8 Å². The second-order valence-corrected chi connectivity index (χ2v) is 8.11. The highest BCUT2D eigenvalue weighted by Gasteiger charge is 2.31. The van der Waals surface area contributed by atoms with Crippen LogP contribution >= 0.6 is 12.6 Å². The molecule has 12 N–H and O–H groups in total. The molecule has 0 spiro atoms. The number of carboxylic acid groups (broad SMARTS) is 1. The van der Waals surface area contributed by atoms with Crippen LogP contribution in [0.2, 0.25) is 0 Å². The van der Waals surface area contributed by atoms with E-state index in [-0.39, 0.29) is 30.6 Å². The Labute approximate surface area is 203 Å². The lowest BCUT2D eigenvalue weighted by Crippen LogP contribution is -2.58. The van der Waals surface area contributed by atoms with Crippen molar-refractivity contribution in [3.63, 3.8) is 0 Å². The molecule has 0 saturated heterocycles. The van der Waals surface area contributed by atoms with Crippen molar-refractivity contribution in [2.45, 2.75) is 63.7 Å². The zero-order chi connectivity index (χ0) is 26.4. The SMILES string of the molecule is CCC(C)C(NC(=O)C(CS)NC(=O)C(CC(N)=O)NC(=O)C(N)CCCN=C(N)N)C(=O)O. The van der Waals surface area contributed by atoms with Crippen molar-refractivity contribution in [2.24, 2.45) is 33.8 Å². The molecule has 0 aromatic heterocycles. The number of thiol groups is 1. The molecule has 0 bridgehead atoms. The fraction of sp³-hybridized carbons (Fsp3) is 0.684. The number of guanidine groups is 1. The quantitative estimate of drug-likeness (QED) is 0.0442. The molecule has 5 atom stereocenters. The molecule has 0 rings (SSSR count). The highest BCUT2D eigenvalue weighted by atomic mass is 32.1. The van der Waals surface area contributed by atoms with E-state index in [1.165, 1.54) is 0 Å². The number of amides is 4. The smallest absolute Gasteiger partial charge is 0.326 e. The molecule has 0 radical (unpaired) electrons. The van der Waals surface area contributed by atoms with Crippen molar-refractivity contribution in [3.8, 4) is 0 Å². The van der Waals surface area contributed by atoms with E-state index in [0.717, 1.165) is 0 Å². The van der Waals surface area contributed by atoms with Gasteiger partial charge in [0, 0.05) is 12.3 Å². The van der Waals surface area contributed by atoms with Crippen LogP contribution in [0.1, 0.15) is 39.5 Å². The van der Waals surface area contributed by atoms with E-state index in [4.69, 9.17) is 22.9 Å². The minimum Gasteiger partial charge on any atom is -0.480 e. The first kappa shape index (κ1) is 30.9. The number of nitrogens with two attached hydrogens (primary N) is 4. The third-order valence-electron chi connectivity index (χ3n) is 4.94. The molecule has 0 saturated carbocycles. The van der Waals surface area contributed by atoms with Crippen molar-refractivity contribution >= 4 is 48.2 Å². The Kier molecular flexibility index (Phi) is 14.3. The van der Waals surface area contributed by atoms with Gasteiger partial charge in [-0.05, 0) is 18.8 Å². The summed E-state index contributed by atoms with van der Waals surface area (Å²) in [7, 11) is 0. The molecule has 0 aliphatic heterocycles. The zero-order valence-electron chi connectivity index (χ0n) is 19.3. The van der Waals surface area contributed by atoms with E-state index < -0.39 is 60.2 Å². The molecule has 0 heterocycles. The first-order valence-electron chi connectivity index (χ1n) is 10.7. The van der Waals surface area contributed by atoms with E-state index in [1.54, 1.807) is 13.8 Å². The van der Waals surface area contributed by atoms with Gasteiger partial charge < -0.3 is 44.0 Å². The molecule has 15 heteroatoms. The predicted octanol–water partition coefficient (Wildman–Crippen LogP) is -3.24. The summed E-state index contributed by atoms with van der Waals surface area (Å²) in [6, 6.07) is -4.83. The van der Waals surface area contributed by atoms with Crippen molar-refractivity contribution in [2.75, 3.05) is 12.3 Å². The number of aliphatic imine (C=N–C) groups is 1. The largest absolute Gasteiger partial charge is 0.480 e. The highest BCUT2D eigenvalue weighted by Crippen LogP contribution is 2.08. The van der Waals surface area contributed by atoms with Crippen LogP contribution < -0.4 is 38.9 Å². The number of carbonyl (C=O) groups is 5. The second kappa shape index (κ2) is 15.7. The van der Waals surface area contributed by atoms with E-state index >= 15 is 0 Å². The molecule has 0 aliphatic rings. The van der Waals surface area contributed by atoms with Gasteiger partial charge in [-0.2, -0.15) is 12.6 Å². The van der Waals surface area contributed by atoms with Crippen LogP contribution in [0.4, 0.5) is 0 Å². The highest BCUT2D eigenvalue weighted by molar-refractivity contribution is 7.80. The van der Waals surface area contributed by atoms with Crippen molar-refractivity contribution in [1.82, 2.24) is 16.0 Å². The Morgan fingerprint density at radius 2 is 1.53 bits per heavy atom. The maximum absolute atomic E-state index is 12.7. The Hall–Kier alpha value is -3.07. The number of rotatable bonds is 16. The number of primary amides is 1. The van der Waals surface area contributed by atoms with Gasteiger partial charge in [-0.3, -0.25) is 24.2 Å². The van der Waals surface area contributed by atoms with Gasteiger partial charge in [-0.15, -0.1) is 0 Å². The minimum absolute atomic E-state index is 0.0992. The average Bonchev–Trinajstić information content (AvgIpc) is 2.76. The molecule has 14 nitrogen and oxygen atoms in total. The molecular weight excluding hydrogens is 468 g/mol. The van der Waals surface area contributed by atoms with Crippen LogP contribution in [0.3, 0.4) is 0 Å². The molecule has 34 heavy (non-hydrogen) atoms. The van der Waals surface area contributed by atoms with Crippen LogP contribution in [-0.2, 0) is 24.0 Å². The number of aliphatic carboxylic acids is 1. The molecule has 4 amide bonds. The van der Waals surface area contributed by atoms with Gasteiger partial charge in [0.05, 0.1) is 12.5 Å². The summed E-state index contributed by atoms with van der Waals surface area (Å²) in [6.45, 7) is 3.68. The topological polar surface area (TPSA) is 258 Å². The predicted molar refractivity (Wildman–Crippen MR) is 128 cm³/mol. The van der Waals surface area contributed by atoms with Gasteiger partial charge in [0.2, 0.25) is 23.6 Å². The van der Waals surface area contributed by atoms with E-state index in [2.05, 4.69) is 33.6 Å². The molecule has 0 aromatic rings. The monoisotopic (exact) mass is 504 g/mol. The molecule has 5 unspecified atom stereocenters. The maximum Gasteiger partial charge on any atom is 0.326 e. The summed E-state index contributed by atoms with van der Waals surface area (Å²) in [5, 5.41) is 16.4. The first-order valence-corrected chi connectivity index (χ1v) is 11.3. The fourth-order valence-electron chi connectivity index (χ4n) is 2.74. The van der Waals surface area contributed by atoms with Crippen LogP contribution in [0.25, 0.3) is 0 Å². The van der Waals surface area contributed by atoms with Gasteiger partial charge >= 0.3 is 5.97 Å². The Morgan fingerprint density at radius 3 is 2.00 bits per heavy atom. The zero-order valence-corrected chi connectivity index (χ0v) is 20.2. The van der Waals surface area contributed by atoms with Crippen LogP contribution in [0, 0.1) is 5.92 Å². The second-order valence-electron chi connectivity index (χ2n) is 7.74. The van der Waals surface area contributed by atoms with Gasteiger partial charge in [-0.25, -0.2) is 4.79 Å². The Morgan fingerprint density at radius 1 is 0.971 bits per heavy atom. The summed E-state index contributed by atoms with van der Waals surface area (Å²) in [5.41, 5.74) is 21.4. The van der Waals surface area contributed by atoms with Crippen molar-refractivity contribution in [3.05, 3.63) is 0 Å².